The van der Waals surface area contributed by atoms with Crippen LogP contribution in [0.2, 0.25) is 0 Å². The molecule has 2 aliphatic rings. The van der Waals surface area contributed by atoms with Crippen LogP contribution < -0.4 is 5.32 Å². The number of aryl methyl sites for hydroxylation is 1. The van der Waals surface area contributed by atoms with Gasteiger partial charge in [-0.1, -0.05) is 60.7 Å². The summed E-state index contributed by atoms with van der Waals surface area (Å²) in [6.07, 6.45) is 2.34. The van der Waals surface area contributed by atoms with E-state index in [1.807, 2.05) is 72.3 Å². The largest absolute Gasteiger partial charge is 0.343 e. The molecule has 4 nitrogen and oxygen atoms in total. The number of anilines is 1. The summed E-state index contributed by atoms with van der Waals surface area (Å²) in [5, 5.41) is 8.41. The van der Waals surface area contributed by atoms with Crippen molar-refractivity contribution < 1.29 is 9.18 Å². The molecule has 0 saturated carbocycles. The molecule has 1 unspecified atom stereocenters. The van der Waals surface area contributed by atoms with Gasteiger partial charge in [0.15, 0.2) is 5.78 Å². The molecule has 166 valence electrons. The molecule has 3 aromatic carbocycles. The smallest absolute Gasteiger partial charge is 0.184 e. The summed E-state index contributed by atoms with van der Waals surface area (Å²) in [4.78, 5) is 13.6. The number of carbonyl (C=O) groups excluding carboxylic acids is 1. The first-order chi connectivity index (χ1) is 16.6. The van der Waals surface area contributed by atoms with Crippen LogP contribution in [0, 0.1) is 12.7 Å². The average Bonchev–Trinajstić information content (AvgIpc) is 3.20. The molecule has 5 heteroatoms. The van der Waals surface area contributed by atoms with Gasteiger partial charge in [-0.15, -0.1) is 0 Å². The van der Waals surface area contributed by atoms with Crippen LogP contribution in [-0.2, 0) is 4.79 Å². The zero-order valence-electron chi connectivity index (χ0n) is 18.6. The Kier molecular flexibility index (Phi) is 4.77. The van der Waals surface area contributed by atoms with Crippen LogP contribution in [0.4, 0.5) is 10.2 Å². The van der Waals surface area contributed by atoms with Crippen LogP contribution in [0.1, 0.15) is 34.7 Å². The summed E-state index contributed by atoms with van der Waals surface area (Å²) in [6, 6.07) is 26.3. The van der Waals surface area contributed by atoms with Crippen molar-refractivity contribution in [1.29, 1.82) is 0 Å². The molecule has 1 atom stereocenters. The quantitative estimate of drug-likeness (QED) is 0.407. The highest BCUT2D eigenvalue weighted by atomic mass is 19.1. The molecule has 0 amide bonds. The van der Waals surface area contributed by atoms with Gasteiger partial charge >= 0.3 is 0 Å². The van der Waals surface area contributed by atoms with Gasteiger partial charge in [0.2, 0.25) is 0 Å². The number of fused-ring (bicyclic) bond motifs is 1. The second-order valence-electron chi connectivity index (χ2n) is 8.67. The van der Waals surface area contributed by atoms with Gasteiger partial charge in [-0.05, 0) is 54.0 Å². The lowest BCUT2D eigenvalue weighted by Crippen LogP contribution is -2.26. The van der Waals surface area contributed by atoms with Crippen molar-refractivity contribution in [2.45, 2.75) is 19.3 Å². The number of rotatable bonds is 3. The molecule has 34 heavy (non-hydrogen) atoms. The number of allylic oxidation sites excluding steroid dienone is 3. The summed E-state index contributed by atoms with van der Waals surface area (Å²) in [5.41, 5.74) is 7.15. The summed E-state index contributed by atoms with van der Waals surface area (Å²) in [7, 11) is 0. The van der Waals surface area contributed by atoms with E-state index in [4.69, 9.17) is 5.10 Å². The van der Waals surface area contributed by atoms with Crippen molar-refractivity contribution in [3.8, 4) is 5.69 Å². The number of para-hydroxylation sites is 1. The fourth-order valence-corrected chi connectivity index (χ4v) is 5.02. The molecule has 0 spiro atoms. The lowest BCUT2D eigenvalue weighted by molar-refractivity contribution is -0.111. The van der Waals surface area contributed by atoms with E-state index in [9.17, 15) is 9.18 Å². The minimum absolute atomic E-state index is 0.0283. The number of benzene rings is 3. The van der Waals surface area contributed by atoms with E-state index in [0.29, 0.717) is 12.0 Å². The van der Waals surface area contributed by atoms with Crippen molar-refractivity contribution in [3.05, 3.63) is 130 Å². The number of hydrogen-bond donors (Lipinski definition) is 1. The monoisotopic (exact) mass is 447 g/mol. The highest BCUT2D eigenvalue weighted by Gasteiger charge is 2.39. The Bertz CT molecular complexity index is 1470. The highest BCUT2D eigenvalue weighted by Crippen LogP contribution is 2.48. The van der Waals surface area contributed by atoms with Gasteiger partial charge < -0.3 is 5.32 Å². The molecule has 1 aromatic heterocycles. The molecule has 0 fully saturated rings. The van der Waals surface area contributed by atoms with Gasteiger partial charge in [0.25, 0.3) is 0 Å². The minimum atomic E-state index is -0.328. The van der Waals surface area contributed by atoms with E-state index in [-0.39, 0.29) is 17.5 Å². The molecule has 1 N–H and O–H groups in total. The molecule has 0 bridgehead atoms. The average molecular weight is 448 g/mol. The maximum absolute atomic E-state index is 13.8. The van der Waals surface area contributed by atoms with Crippen LogP contribution in [-0.4, -0.2) is 15.6 Å². The first kappa shape index (κ1) is 20.4. The minimum Gasteiger partial charge on any atom is -0.343 e. The standard InChI is InChI=1S/C29H22FN3O/c1-18-26-27(20-12-14-22(30)15-13-20)28-24(16-21(17-25(28)34)19-8-4-2-5-9-19)31-29(26)33(32-18)23-10-6-3-7-11-23/h2-15,17,27,31H,16H2,1H3. The third kappa shape index (κ3) is 3.28. The van der Waals surface area contributed by atoms with Gasteiger partial charge in [-0.25, -0.2) is 9.07 Å². The number of aromatic nitrogens is 2. The van der Waals surface area contributed by atoms with Crippen LogP contribution in [0.25, 0.3) is 11.3 Å². The zero-order valence-corrected chi connectivity index (χ0v) is 18.6. The Balaban J connectivity index is 1.54. The van der Waals surface area contributed by atoms with Crippen molar-refractivity contribution in [3.63, 3.8) is 0 Å². The van der Waals surface area contributed by atoms with Gasteiger partial charge in [0.05, 0.1) is 11.4 Å². The molecule has 0 radical (unpaired) electrons. The number of halogens is 1. The molecule has 1 aliphatic carbocycles. The second kappa shape index (κ2) is 7.96. The second-order valence-corrected chi connectivity index (χ2v) is 8.67. The molecular weight excluding hydrogens is 425 g/mol. The van der Waals surface area contributed by atoms with E-state index in [1.54, 1.807) is 18.2 Å². The van der Waals surface area contributed by atoms with Crippen molar-refractivity contribution >= 4 is 17.2 Å². The van der Waals surface area contributed by atoms with Crippen molar-refractivity contribution in [2.75, 3.05) is 5.32 Å². The van der Waals surface area contributed by atoms with Gasteiger partial charge in [0.1, 0.15) is 11.6 Å². The summed E-state index contributed by atoms with van der Waals surface area (Å²) in [6.45, 7) is 1.96. The van der Waals surface area contributed by atoms with Crippen LogP contribution in [0.15, 0.2) is 102 Å². The summed E-state index contributed by atoms with van der Waals surface area (Å²) < 4.78 is 15.7. The predicted octanol–water partition coefficient (Wildman–Crippen LogP) is 6.19. The molecular formula is C29H22FN3O. The van der Waals surface area contributed by atoms with Crippen LogP contribution in [0.5, 0.6) is 0 Å². The van der Waals surface area contributed by atoms with Crippen LogP contribution >= 0.6 is 0 Å². The summed E-state index contributed by atoms with van der Waals surface area (Å²) in [5.74, 6) is 0.189. The van der Waals surface area contributed by atoms with Crippen molar-refractivity contribution in [1.82, 2.24) is 9.78 Å². The lowest BCUT2D eigenvalue weighted by Gasteiger charge is -2.33. The maximum Gasteiger partial charge on any atom is 0.184 e. The fourth-order valence-electron chi connectivity index (χ4n) is 5.02. The number of carbonyl (C=O) groups is 1. The molecule has 4 aromatic rings. The number of nitrogens with zero attached hydrogens (tertiary/aromatic N) is 2. The van der Waals surface area contributed by atoms with Gasteiger partial charge in [-0.2, -0.15) is 5.10 Å². The SMILES string of the molecule is Cc1nn(-c2ccccc2)c2c1C(c1ccc(F)cc1)C1=C(CC(c3ccccc3)=CC1=O)N2. The Morgan fingerprint density at radius 1 is 0.941 bits per heavy atom. The molecule has 1 aliphatic heterocycles. The molecule has 2 heterocycles. The van der Waals surface area contributed by atoms with Crippen molar-refractivity contribution in [2.24, 2.45) is 0 Å². The molecule has 6 rings (SSSR count). The lowest BCUT2D eigenvalue weighted by atomic mass is 9.76. The third-order valence-electron chi connectivity index (χ3n) is 6.57. The first-order valence-corrected chi connectivity index (χ1v) is 11.3. The van der Waals surface area contributed by atoms with E-state index >= 15 is 0 Å². The number of ketones is 1. The van der Waals surface area contributed by atoms with E-state index in [2.05, 4.69) is 5.32 Å². The van der Waals surface area contributed by atoms with E-state index in [0.717, 1.165) is 45.2 Å². The first-order valence-electron chi connectivity index (χ1n) is 11.3. The Morgan fingerprint density at radius 2 is 1.62 bits per heavy atom. The fraction of sp³-hybridized carbons (Fsp3) is 0.103. The normalized spacial score (nSPS) is 17.1. The van der Waals surface area contributed by atoms with E-state index in [1.165, 1.54) is 12.1 Å². The molecule has 0 saturated heterocycles. The van der Waals surface area contributed by atoms with Gasteiger partial charge in [0, 0.05) is 29.2 Å². The van der Waals surface area contributed by atoms with Gasteiger partial charge in [-0.3, -0.25) is 4.79 Å². The maximum atomic E-state index is 13.8. The Hall–Kier alpha value is -4.25. The van der Waals surface area contributed by atoms with E-state index < -0.39 is 0 Å². The topological polar surface area (TPSA) is 46.9 Å². The predicted molar refractivity (Wildman–Crippen MR) is 131 cm³/mol. The highest BCUT2D eigenvalue weighted by molar-refractivity contribution is 6.13. The number of nitrogens with one attached hydrogen (secondary N) is 1. The Morgan fingerprint density at radius 3 is 2.32 bits per heavy atom. The zero-order chi connectivity index (χ0) is 23.2. The van der Waals surface area contributed by atoms with Crippen LogP contribution in [0.3, 0.4) is 0 Å². The third-order valence-corrected chi connectivity index (χ3v) is 6.57. The number of hydrogen-bond acceptors (Lipinski definition) is 3. The Labute approximate surface area is 197 Å². The summed E-state index contributed by atoms with van der Waals surface area (Å²) >= 11 is 0.